The van der Waals surface area contributed by atoms with Crippen LogP contribution in [0.2, 0.25) is 0 Å². The number of fused-ring (bicyclic) bond motifs is 1. The van der Waals surface area contributed by atoms with E-state index in [1.165, 1.54) is 30.6 Å². The predicted molar refractivity (Wildman–Crippen MR) is 116 cm³/mol. The number of nitrogens with one attached hydrogen (secondary N) is 1. The van der Waals surface area contributed by atoms with Gasteiger partial charge < -0.3 is 25.6 Å². The van der Waals surface area contributed by atoms with Gasteiger partial charge in [-0.2, -0.15) is 0 Å². The van der Waals surface area contributed by atoms with Crippen LogP contribution in [0.1, 0.15) is 37.8 Å². The number of ether oxygens (including phenoxy) is 2. The van der Waals surface area contributed by atoms with Crippen molar-refractivity contribution < 1.29 is 14.6 Å². The van der Waals surface area contributed by atoms with E-state index in [9.17, 15) is 0 Å². The molecule has 2 heterocycles. The highest BCUT2D eigenvalue weighted by atomic mass is 32.1. The second-order valence-electron chi connectivity index (χ2n) is 6.73. The number of aliphatic hydroxyl groups excluding tert-OH is 1. The second-order valence-corrected chi connectivity index (χ2v) is 7.76. The Balaban J connectivity index is 0.000000290. The molecule has 0 unspecified atom stereocenters. The maximum atomic E-state index is 8.91. The van der Waals surface area contributed by atoms with Gasteiger partial charge in [0.05, 0.1) is 23.6 Å². The minimum Gasteiger partial charge on any atom is -0.494 e. The molecule has 0 spiro atoms. The van der Waals surface area contributed by atoms with Crippen molar-refractivity contribution >= 4 is 32.6 Å². The molecule has 0 amide bonds. The Morgan fingerprint density at radius 2 is 2.03 bits per heavy atom. The van der Waals surface area contributed by atoms with E-state index in [1.54, 1.807) is 19.4 Å². The number of hydrogen-bond donors (Lipinski definition) is 3. The van der Waals surface area contributed by atoms with Gasteiger partial charge in [0.2, 0.25) is 5.95 Å². The smallest absolute Gasteiger partial charge is 0.220 e. The van der Waals surface area contributed by atoms with Gasteiger partial charge in [0.25, 0.3) is 0 Å². The van der Waals surface area contributed by atoms with Crippen LogP contribution in [0.15, 0.2) is 24.4 Å². The highest BCUT2D eigenvalue weighted by molar-refractivity contribution is 7.22. The first kappa shape index (κ1) is 21.1. The molecule has 0 aliphatic heterocycles. The number of nitrogen functional groups attached to an aromatic ring is 1. The number of thiazole rings is 1. The minimum absolute atomic E-state index is 0.0359. The molecule has 8 nitrogen and oxygen atoms in total. The third kappa shape index (κ3) is 5.91. The van der Waals surface area contributed by atoms with Gasteiger partial charge in [-0.1, -0.05) is 30.6 Å². The number of rotatable bonds is 5. The van der Waals surface area contributed by atoms with Crippen LogP contribution in [0, 0.1) is 0 Å². The summed E-state index contributed by atoms with van der Waals surface area (Å²) in [5.74, 6) is 1.59. The lowest BCUT2D eigenvalue weighted by atomic mass is 9.98. The van der Waals surface area contributed by atoms with E-state index in [4.69, 9.17) is 20.3 Å². The second kappa shape index (κ2) is 10.2. The number of nitrogens with two attached hydrogens (primary N) is 1. The summed E-state index contributed by atoms with van der Waals surface area (Å²) >= 11 is 1.54. The van der Waals surface area contributed by atoms with Gasteiger partial charge in [0.1, 0.15) is 23.6 Å². The Morgan fingerprint density at radius 3 is 2.66 bits per heavy atom. The molecule has 4 N–H and O–H groups in total. The standard InChI is InChI=1S/C14H15N5O2S.C6H12O/c1-16-14-19-12-10(20-2)5-9(6-11(12)22-14)21-7-8-3-4-17-13(15)18-8;7-6-4-2-1-3-5-6/h3-6H,7H2,1-2H3,(H,16,19)(H2,15,17,18);6-7H,1-5H2. The van der Waals surface area contributed by atoms with Crippen molar-refractivity contribution in [3.8, 4) is 11.5 Å². The Labute approximate surface area is 174 Å². The third-order valence-electron chi connectivity index (χ3n) is 4.56. The Bertz CT molecular complexity index is 928. The van der Waals surface area contributed by atoms with Crippen LogP contribution in [-0.2, 0) is 6.61 Å². The fourth-order valence-corrected chi connectivity index (χ4v) is 3.92. The molecule has 1 aromatic carbocycles. The van der Waals surface area contributed by atoms with Crippen LogP contribution < -0.4 is 20.5 Å². The molecular weight excluding hydrogens is 390 g/mol. The van der Waals surface area contributed by atoms with Crippen LogP contribution in [0.3, 0.4) is 0 Å². The van der Waals surface area contributed by atoms with Gasteiger partial charge in [-0.15, -0.1) is 0 Å². The van der Waals surface area contributed by atoms with E-state index in [0.29, 0.717) is 23.8 Å². The lowest BCUT2D eigenvalue weighted by molar-refractivity contribution is 0.130. The van der Waals surface area contributed by atoms with E-state index in [2.05, 4.69) is 20.3 Å². The van der Waals surface area contributed by atoms with Crippen LogP contribution in [0.4, 0.5) is 11.1 Å². The average molecular weight is 418 g/mol. The Hall–Kier alpha value is -2.65. The topological polar surface area (TPSA) is 115 Å². The fourth-order valence-electron chi connectivity index (χ4n) is 3.05. The number of aliphatic hydroxyl groups is 1. The number of benzene rings is 1. The summed E-state index contributed by atoms with van der Waals surface area (Å²) in [4.78, 5) is 12.4. The summed E-state index contributed by atoms with van der Waals surface area (Å²) in [5, 5.41) is 12.8. The van der Waals surface area contributed by atoms with Gasteiger partial charge in [0.15, 0.2) is 5.13 Å². The van der Waals surface area contributed by atoms with Gasteiger partial charge >= 0.3 is 0 Å². The van der Waals surface area contributed by atoms with Gasteiger partial charge in [0, 0.05) is 19.3 Å². The normalized spacial score (nSPS) is 14.2. The molecule has 9 heteroatoms. The summed E-state index contributed by atoms with van der Waals surface area (Å²) in [6.07, 6.45) is 7.53. The van der Waals surface area contributed by atoms with Crippen molar-refractivity contribution in [1.82, 2.24) is 15.0 Å². The highest BCUT2D eigenvalue weighted by Gasteiger charge is 2.11. The number of anilines is 2. The maximum absolute atomic E-state index is 8.91. The largest absolute Gasteiger partial charge is 0.494 e. The first-order chi connectivity index (χ1) is 14.1. The lowest BCUT2D eigenvalue weighted by Crippen LogP contribution is -2.09. The average Bonchev–Trinajstić information content (AvgIpc) is 3.16. The van der Waals surface area contributed by atoms with E-state index < -0.39 is 0 Å². The number of hydrogen-bond acceptors (Lipinski definition) is 9. The van der Waals surface area contributed by atoms with Gasteiger partial charge in [-0.3, -0.25) is 0 Å². The van der Waals surface area contributed by atoms with Crippen LogP contribution in [-0.4, -0.2) is 40.3 Å². The molecule has 156 valence electrons. The third-order valence-corrected chi connectivity index (χ3v) is 5.58. The van der Waals surface area contributed by atoms with Crippen LogP contribution >= 0.6 is 11.3 Å². The van der Waals surface area contributed by atoms with Crippen molar-refractivity contribution in [2.45, 2.75) is 44.8 Å². The first-order valence-electron chi connectivity index (χ1n) is 9.63. The molecule has 0 bridgehead atoms. The minimum atomic E-state index is 0.0359. The van der Waals surface area contributed by atoms with Crippen LogP contribution in [0.5, 0.6) is 11.5 Å². The van der Waals surface area contributed by atoms with Crippen molar-refractivity contribution in [1.29, 1.82) is 0 Å². The van der Waals surface area contributed by atoms with Gasteiger partial charge in [-0.05, 0) is 25.0 Å². The summed E-state index contributed by atoms with van der Waals surface area (Å²) in [6.45, 7) is 0.305. The molecular formula is C20H27N5O3S. The molecule has 1 aliphatic rings. The molecule has 29 heavy (non-hydrogen) atoms. The quantitative estimate of drug-likeness (QED) is 0.577. The zero-order valence-electron chi connectivity index (χ0n) is 16.7. The molecule has 1 aliphatic carbocycles. The van der Waals surface area contributed by atoms with Crippen molar-refractivity contribution in [2.24, 2.45) is 0 Å². The lowest BCUT2D eigenvalue weighted by Gasteiger charge is -2.14. The van der Waals surface area contributed by atoms with E-state index in [0.717, 1.165) is 28.2 Å². The summed E-state index contributed by atoms with van der Waals surface area (Å²) in [7, 11) is 3.45. The number of nitrogens with zero attached hydrogens (tertiary/aromatic N) is 3. The van der Waals surface area contributed by atoms with Crippen LogP contribution in [0.25, 0.3) is 10.2 Å². The molecule has 1 fully saturated rings. The zero-order valence-corrected chi connectivity index (χ0v) is 17.5. The molecule has 3 aromatic rings. The van der Waals surface area contributed by atoms with Gasteiger partial charge in [-0.25, -0.2) is 15.0 Å². The number of methoxy groups -OCH3 is 1. The summed E-state index contributed by atoms with van der Waals surface area (Å²) in [5.41, 5.74) is 7.08. The van der Waals surface area contributed by atoms with Crippen molar-refractivity contribution in [3.63, 3.8) is 0 Å². The fraction of sp³-hybridized carbons (Fsp3) is 0.450. The molecule has 1 saturated carbocycles. The molecule has 4 rings (SSSR count). The van der Waals surface area contributed by atoms with E-state index >= 15 is 0 Å². The highest BCUT2D eigenvalue weighted by Crippen LogP contribution is 2.36. The molecule has 0 radical (unpaired) electrons. The predicted octanol–water partition coefficient (Wildman–Crippen LogP) is 3.61. The molecule has 0 saturated heterocycles. The monoisotopic (exact) mass is 417 g/mol. The Morgan fingerprint density at radius 1 is 1.24 bits per heavy atom. The van der Waals surface area contributed by atoms with E-state index in [1.807, 2.05) is 19.2 Å². The summed E-state index contributed by atoms with van der Waals surface area (Å²) < 4.78 is 12.1. The zero-order chi connectivity index (χ0) is 20.6. The first-order valence-corrected chi connectivity index (χ1v) is 10.4. The van der Waals surface area contributed by atoms with Crippen molar-refractivity contribution in [2.75, 3.05) is 25.2 Å². The number of aromatic nitrogens is 3. The maximum Gasteiger partial charge on any atom is 0.220 e. The molecule has 0 atom stereocenters. The molecule has 2 aromatic heterocycles. The van der Waals surface area contributed by atoms with Crippen molar-refractivity contribution in [3.05, 3.63) is 30.1 Å². The SMILES string of the molecule is CNc1nc2c(OC)cc(OCc3ccnc(N)n3)cc2s1.OC1CCCCC1. The summed E-state index contributed by atoms with van der Waals surface area (Å²) in [6, 6.07) is 5.50. The van der Waals surface area contributed by atoms with E-state index in [-0.39, 0.29) is 12.1 Å². The Kier molecular flexibility index (Phi) is 7.42.